The predicted molar refractivity (Wildman–Crippen MR) is 174 cm³/mol. The van der Waals surface area contributed by atoms with Gasteiger partial charge in [-0.2, -0.15) is 0 Å². The van der Waals surface area contributed by atoms with Crippen LogP contribution in [0.2, 0.25) is 0 Å². The number of carbonyl (C=O) groups excluding carboxylic acids is 2. The summed E-state index contributed by atoms with van der Waals surface area (Å²) < 4.78 is 1.56. The molecule has 5 rings (SSSR count). The van der Waals surface area contributed by atoms with E-state index < -0.39 is 5.60 Å². The van der Waals surface area contributed by atoms with Crippen molar-refractivity contribution in [2.45, 2.75) is 44.6 Å². The van der Waals surface area contributed by atoms with Crippen LogP contribution in [0.3, 0.4) is 0 Å². The molecule has 4 aromatic rings. The van der Waals surface area contributed by atoms with E-state index in [0.717, 1.165) is 54.8 Å². The summed E-state index contributed by atoms with van der Waals surface area (Å²) in [5.41, 5.74) is 3.40. The lowest BCUT2D eigenvalue weighted by Crippen LogP contribution is -2.34. The predicted octanol–water partition coefficient (Wildman–Crippen LogP) is 4.95. The van der Waals surface area contributed by atoms with Crippen molar-refractivity contribution in [1.82, 2.24) is 19.8 Å². The number of amides is 2. The van der Waals surface area contributed by atoms with Crippen molar-refractivity contribution in [3.63, 3.8) is 0 Å². The number of rotatable bonds is 10. The van der Waals surface area contributed by atoms with Gasteiger partial charge in [-0.3, -0.25) is 9.36 Å². The SMILES string of the molecule is CNC(=O)n1ccc2cc(N(CCC(C)(C)O)c3ccnc(NC(=O)c4ccc(C5CCN(CCO)CC5)cc4)c3)ccc21. The Hall–Kier alpha value is -4.25. The minimum Gasteiger partial charge on any atom is -0.395 e. The van der Waals surface area contributed by atoms with Crippen LogP contribution in [0.15, 0.2) is 73.1 Å². The highest BCUT2D eigenvalue weighted by molar-refractivity contribution is 6.04. The molecule has 0 spiro atoms. The van der Waals surface area contributed by atoms with Gasteiger partial charge in [-0.25, -0.2) is 9.78 Å². The molecule has 2 aromatic carbocycles. The molecule has 2 aromatic heterocycles. The van der Waals surface area contributed by atoms with Gasteiger partial charge in [0.25, 0.3) is 5.91 Å². The van der Waals surface area contributed by atoms with Crippen molar-refractivity contribution in [2.75, 3.05) is 50.1 Å². The van der Waals surface area contributed by atoms with Gasteiger partial charge in [-0.05, 0) is 100 Å². The van der Waals surface area contributed by atoms with E-state index in [9.17, 15) is 19.8 Å². The molecule has 232 valence electrons. The first-order valence-electron chi connectivity index (χ1n) is 15.2. The topological polar surface area (TPSA) is 123 Å². The highest BCUT2D eigenvalue weighted by Gasteiger charge is 2.21. The molecule has 0 saturated carbocycles. The van der Waals surface area contributed by atoms with Crippen LogP contribution < -0.4 is 15.5 Å². The number of carbonyl (C=O) groups is 2. The lowest BCUT2D eigenvalue weighted by molar-refractivity contribution is 0.0737. The molecule has 0 aliphatic carbocycles. The van der Waals surface area contributed by atoms with Crippen LogP contribution in [0.25, 0.3) is 10.9 Å². The number of pyridine rings is 1. The lowest BCUT2D eigenvalue weighted by Gasteiger charge is -2.31. The molecule has 1 saturated heterocycles. The Bertz CT molecular complexity index is 1590. The highest BCUT2D eigenvalue weighted by Crippen LogP contribution is 2.32. The van der Waals surface area contributed by atoms with Gasteiger partial charge < -0.3 is 30.6 Å². The summed E-state index contributed by atoms with van der Waals surface area (Å²) in [5.74, 6) is 0.642. The molecular weight excluding hydrogens is 556 g/mol. The standard InChI is InChI=1S/C34H42N6O4/c1-34(2,44)14-19-39(28-8-9-30-27(22-28)13-18-40(30)33(43)35-3)29-10-15-36-31(23-29)37-32(42)26-6-4-24(5-7-26)25-11-16-38(17-12-25)20-21-41/h4-10,13,15,18,22-23,25,41,44H,11-12,14,16-17,19-21H2,1-3H3,(H,35,43)(H,36,37,42). The number of aliphatic hydroxyl groups excluding tert-OH is 1. The van der Waals surface area contributed by atoms with E-state index in [0.29, 0.717) is 30.3 Å². The van der Waals surface area contributed by atoms with E-state index in [1.54, 1.807) is 37.9 Å². The third-order valence-corrected chi connectivity index (χ3v) is 8.31. The van der Waals surface area contributed by atoms with Crippen LogP contribution in [0.4, 0.5) is 22.0 Å². The first-order chi connectivity index (χ1) is 21.1. The number of likely N-dealkylation sites (tertiary alicyclic amines) is 1. The number of aromatic nitrogens is 2. The van der Waals surface area contributed by atoms with Crippen molar-refractivity contribution < 1.29 is 19.8 Å². The highest BCUT2D eigenvalue weighted by atomic mass is 16.3. The molecule has 1 aliphatic heterocycles. The summed E-state index contributed by atoms with van der Waals surface area (Å²) in [7, 11) is 1.60. The van der Waals surface area contributed by atoms with Crippen LogP contribution >= 0.6 is 0 Å². The molecule has 10 heteroatoms. The normalized spacial score (nSPS) is 14.5. The van der Waals surface area contributed by atoms with Crippen molar-refractivity contribution in [1.29, 1.82) is 0 Å². The van der Waals surface area contributed by atoms with Gasteiger partial charge in [-0.15, -0.1) is 0 Å². The number of nitrogens with zero attached hydrogens (tertiary/aromatic N) is 4. The van der Waals surface area contributed by atoms with Gasteiger partial charge in [0.1, 0.15) is 5.82 Å². The molecule has 0 unspecified atom stereocenters. The maximum atomic E-state index is 13.2. The fourth-order valence-corrected chi connectivity index (χ4v) is 5.77. The number of nitrogens with one attached hydrogen (secondary N) is 2. The zero-order valence-electron chi connectivity index (χ0n) is 25.7. The minimum atomic E-state index is -0.877. The van der Waals surface area contributed by atoms with E-state index in [2.05, 4.69) is 25.4 Å². The number of hydrogen-bond acceptors (Lipinski definition) is 7. The molecule has 0 radical (unpaired) electrons. The second-order valence-electron chi connectivity index (χ2n) is 12.0. The Kier molecular flexibility index (Phi) is 9.63. The van der Waals surface area contributed by atoms with Gasteiger partial charge in [-0.1, -0.05) is 12.1 Å². The van der Waals surface area contributed by atoms with E-state index in [4.69, 9.17) is 0 Å². The number of β-amino-alcohol motifs (C(OH)–C–C–N with tert-alkyl or cyclic N) is 1. The van der Waals surface area contributed by atoms with E-state index in [-0.39, 0.29) is 18.5 Å². The molecule has 44 heavy (non-hydrogen) atoms. The van der Waals surface area contributed by atoms with Crippen LogP contribution in [0.1, 0.15) is 54.9 Å². The number of piperidine rings is 1. The van der Waals surface area contributed by atoms with Crippen LogP contribution in [-0.4, -0.2) is 82.0 Å². The Morgan fingerprint density at radius 1 is 1.02 bits per heavy atom. The third-order valence-electron chi connectivity index (χ3n) is 8.31. The number of fused-ring (bicyclic) bond motifs is 1. The monoisotopic (exact) mass is 598 g/mol. The Morgan fingerprint density at radius 2 is 1.75 bits per heavy atom. The zero-order valence-corrected chi connectivity index (χ0v) is 25.7. The minimum absolute atomic E-state index is 0.190. The smallest absolute Gasteiger partial charge is 0.325 e. The van der Waals surface area contributed by atoms with Gasteiger partial charge in [0.2, 0.25) is 0 Å². The summed E-state index contributed by atoms with van der Waals surface area (Å²) in [6, 6.07) is 19.1. The number of hydrogen-bond donors (Lipinski definition) is 4. The van der Waals surface area contributed by atoms with Gasteiger partial charge >= 0.3 is 6.03 Å². The van der Waals surface area contributed by atoms with Crippen LogP contribution in [0, 0.1) is 0 Å². The lowest BCUT2D eigenvalue weighted by atomic mass is 9.89. The number of benzene rings is 2. The van der Waals surface area contributed by atoms with Crippen LogP contribution in [0.5, 0.6) is 0 Å². The third kappa shape index (κ3) is 7.45. The summed E-state index contributed by atoms with van der Waals surface area (Å²) in [6.45, 7) is 6.93. The molecule has 2 amide bonds. The first-order valence-corrected chi connectivity index (χ1v) is 15.2. The van der Waals surface area contributed by atoms with Crippen molar-refractivity contribution in [3.8, 4) is 0 Å². The largest absolute Gasteiger partial charge is 0.395 e. The number of anilines is 3. The summed E-state index contributed by atoms with van der Waals surface area (Å²) in [6.07, 6.45) is 5.98. The average molecular weight is 599 g/mol. The maximum absolute atomic E-state index is 13.2. The van der Waals surface area contributed by atoms with E-state index >= 15 is 0 Å². The molecule has 10 nitrogen and oxygen atoms in total. The second kappa shape index (κ2) is 13.6. The number of aliphatic hydroxyl groups is 2. The molecular formula is C34H42N6O4. The maximum Gasteiger partial charge on any atom is 0.325 e. The van der Waals surface area contributed by atoms with Gasteiger partial charge in [0, 0.05) is 60.9 Å². The molecule has 1 aliphatic rings. The van der Waals surface area contributed by atoms with E-state index in [1.165, 1.54) is 5.56 Å². The summed E-state index contributed by atoms with van der Waals surface area (Å²) >= 11 is 0. The Labute approximate surface area is 258 Å². The molecule has 4 N–H and O–H groups in total. The Morgan fingerprint density at radius 3 is 2.43 bits per heavy atom. The Balaban J connectivity index is 1.32. The fourth-order valence-electron chi connectivity index (χ4n) is 5.77. The quantitative estimate of drug-likeness (QED) is 0.204. The average Bonchev–Trinajstić information content (AvgIpc) is 3.44. The summed E-state index contributed by atoms with van der Waals surface area (Å²) in [5, 5.41) is 26.2. The fraction of sp³-hybridized carbons (Fsp3) is 0.382. The van der Waals surface area contributed by atoms with Crippen molar-refractivity contribution >= 4 is 40.0 Å². The molecule has 0 bridgehead atoms. The zero-order chi connectivity index (χ0) is 31.3. The van der Waals surface area contributed by atoms with Crippen molar-refractivity contribution in [3.05, 3.63) is 84.2 Å². The molecule has 0 atom stereocenters. The van der Waals surface area contributed by atoms with E-state index in [1.807, 2.05) is 60.7 Å². The first kappa shape index (κ1) is 31.2. The second-order valence-corrected chi connectivity index (χ2v) is 12.0. The van der Waals surface area contributed by atoms with Crippen molar-refractivity contribution in [2.24, 2.45) is 0 Å². The summed E-state index contributed by atoms with van der Waals surface area (Å²) in [4.78, 5) is 34.2. The molecule has 1 fully saturated rings. The van der Waals surface area contributed by atoms with Gasteiger partial charge in [0.05, 0.1) is 17.7 Å². The van der Waals surface area contributed by atoms with Gasteiger partial charge in [0.15, 0.2) is 0 Å². The molecule has 3 heterocycles. The van der Waals surface area contributed by atoms with Crippen LogP contribution in [-0.2, 0) is 0 Å².